The van der Waals surface area contributed by atoms with E-state index in [-0.39, 0.29) is 29.5 Å². The Morgan fingerprint density at radius 1 is 0.957 bits per heavy atom. The van der Waals surface area contributed by atoms with Crippen molar-refractivity contribution in [2.45, 2.75) is 37.8 Å². The minimum absolute atomic E-state index is 0.0505. The maximum Gasteiger partial charge on any atom is 0.264 e. The Bertz CT molecular complexity index is 1790. The van der Waals surface area contributed by atoms with Crippen molar-refractivity contribution in [2.75, 3.05) is 24.5 Å². The SMILES string of the molecule is CCNC(=O)C(Cc1ccccc1)N(Cc1ccc(Cl)cc1Cl)C(=O)CN(c1ccc(C)cc1)S(=O)(=O)c1ccc(OC)c(Br)c1. The van der Waals surface area contributed by atoms with Gasteiger partial charge in [0.1, 0.15) is 18.3 Å². The Morgan fingerprint density at radius 2 is 1.65 bits per heavy atom. The summed E-state index contributed by atoms with van der Waals surface area (Å²) in [6.45, 7) is 3.35. The normalized spacial score (nSPS) is 11.9. The van der Waals surface area contributed by atoms with Gasteiger partial charge < -0.3 is 15.0 Å². The third kappa shape index (κ3) is 8.61. The van der Waals surface area contributed by atoms with E-state index in [0.717, 1.165) is 15.4 Å². The molecule has 4 aromatic carbocycles. The second-order valence-corrected chi connectivity index (χ2v) is 14.1. The number of aryl methyl sites for hydroxylation is 1. The van der Waals surface area contributed by atoms with E-state index in [1.165, 1.54) is 30.2 Å². The molecule has 0 aliphatic carbocycles. The Labute approximate surface area is 288 Å². The molecule has 0 heterocycles. The number of rotatable bonds is 13. The zero-order chi connectivity index (χ0) is 33.4. The molecule has 2 amide bonds. The number of halogens is 3. The molecule has 0 saturated carbocycles. The molecule has 0 radical (unpaired) electrons. The molecule has 242 valence electrons. The van der Waals surface area contributed by atoms with Gasteiger partial charge in [0.05, 0.1) is 22.2 Å². The monoisotopic (exact) mass is 745 g/mol. The van der Waals surface area contributed by atoms with Crippen molar-refractivity contribution in [3.63, 3.8) is 0 Å². The van der Waals surface area contributed by atoms with Gasteiger partial charge in [-0.25, -0.2) is 8.42 Å². The summed E-state index contributed by atoms with van der Waals surface area (Å²) in [5.41, 5.74) is 2.57. The Kier molecular flexibility index (Phi) is 12.1. The van der Waals surface area contributed by atoms with Gasteiger partial charge in [-0.1, -0.05) is 77.3 Å². The molecular formula is C34H34BrCl2N3O5S. The van der Waals surface area contributed by atoms with Gasteiger partial charge in [0.25, 0.3) is 10.0 Å². The van der Waals surface area contributed by atoms with Crippen molar-refractivity contribution >= 4 is 66.7 Å². The number of carbonyl (C=O) groups is 2. The highest BCUT2D eigenvalue weighted by molar-refractivity contribution is 9.10. The fraction of sp³-hybridized carbons (Fsp3) is 0.235. The summed E-state index contributed by atoms with van der Waals surface area (Å²) in [5.74, 6) is -0.530. The second-order valence-electron chi connectivity index (χ2n) is 10.5. The molecule has 12 heteroatoms. The summed E-state index contributed by atoms with van der Waals surface area (Å²) in [7, 11) is -2.81. The molecule has 0 saturated heterocycles. The van der Waals surface area contributed by atoms with E-state index in [9.17, 15) is 18.0 Å². The van der Waals surface area contributed by atoms with Crippen LogP contribution in [-0.2, 0) is 32.6 Å². The lowest BCUT2D eigenvalue weighted by molar-refractivity contribution is -0.140. The first kappa shape index (κ1) is 35.3. The summed E-state index contributed by atoms with van der Waals surface area (Å²) in [6.07, 6.45) is 0.187. The number of carbonyl (C=O) groups excluding carboxylic acids is 2. The molecule has 1 unspecified atom stereocenters. The van der Waals surface area contributed by atoms with Crippen LogP contribution in [-0.4, -0.2) is 51.4 Å². The van der Waals surface area contributed by atoms with Crippen molar-refractivity contribution in [2.24, 2.45) is 0 Å². The van der Waals surface area contributed by atoms with Gasteiger partial charge in [-0.2, -0.15) is 0 Å². The van der Waals surface area contributed by atoms with Gasteiger partial charge >= 0.3 is 0 Å². The van der Waals surface area contributed by atoms with Gasteiger partial charge in [0.2, 0.25) is 11.8 Å². The highest BCUT2D eigenvalue weighted by Gasteiger charge is 2.35. The number of nitrogens with zero attached hydrogens (tertiary/aromatic N) is 2. The van der Waals surface area contributed by atoms with E-state index >= 15 is 0 Å². The molecule has 46 heavy (non-hydrogen) atoms. The molecule has 4 aromatic rings. The number of ether oxygens (including phenoxy) is 1. The van der Waals surface area contributed by atoms with E-state index in [4.69, 9.17) is 27.9 Å². The van der Waals surface area contributed by atoms with Crippen molar-refractivity contribution in [1.29, 1.82) is 0 Å². The van der Waals surface area contributed by atoms with Gasteiger partial charge in [0, 0.05) is 29.6 Å². The van der Waals surface area contributed by atoms with Crippen LogP contribution in [0.1, 0.15) is 23.6 Å². The van der Waals surface area contributed by atoms with Crippen molar-refractivity contribution in [1.82, 2.24) is 10.2 Å². The Hall–Kier alpha value is -3.57. The molecule has 8 nitrogen and oxygen atoms in total. The molecular weight excluding hydrogens is 713 g/mol. The van der Waals surface area contributed by atoms with E-state index in [0.29, 0.717) is 32.4 Å². The van der Waals surface area contributed by atoms with Gasteiger partial charge in [-0.3, -0.25) is 13.9 Å². The first-order valence-electron chi connectivity index (χ1n) is 14.4. The highest BCUT2D eigenvalue weighted by Crippen LogP contribution is 2.31. The maximum absolute atomic E-state index is 14.5. The number of methoxy groups -OCH3 is 1. The van der Waals surface area contributed by atoms with Crippen LogP contribution in [0.2, 0.25) is 10.0 Å². The van der Waals surface area contributed by atoms with E-state index < -0.39 is 28.5 Å². The minimum Gasteiger partial charge on any atom is -0.496 e. The van der Waals surface area contributed by atoms with Crippen LogP contribution in [0.25, 0.3) is 0 Å². The summed E-state index contributed by atoms with van der Waals surface area (Å²) in [5, 5.41) is 3.57. The smallest absolute Gasteiger partial charge is 0.264 e. The van der Waals surface area contributed by atoms with Crippen LogP contribution in [0.5, 0.6) is 5.75 Å². The molecule has 0 fully saturated rings. The molecule has 1 N–H and O–H groups in total. The fourth-order valence-electron chi connectivity index (χ4n) is 4.85. The number of amides is 2. The standard InChI is InChI=1S/C34H34BrCl2N3O5S/c1-4-38-34(42)31(18-24-8-6-5-7-9-24)39(21-25-12-13-26(36)19-30(25)37)33(41)22-40(27-14-10-23(2)11-15-27)46(43,44)28-16-17-32(45-3)29(35)20-28/h5-17,19-20,31H,4,18,21-22H2,1-3H3,(H,38,42). The number of nitrogens with one attached hydrogen (secondary N) is 1. The number of likely N-dealkylation sites (N-methyl/N-ethyl adjacent to an activating group) is 1. The van der Waals surface area contributed by atoms with Crippen molar-refractivity contribution < 1.29 is 22.7 Å². The third-order valence-corrected chi connectivity index (χ3v) is 10.3. The first-order chi connectivity index (χ1) is 21.9. The summed E-state index contributed by atoms with van der Waals surface area (Å²) in [6, 6.07) is 24.4. The maximum atomic E-state index is 14.5. The Balaban J connectivity index is 1.82. The van der Waals surface area contributed by atoms with E-state index in [2.05, 4.69) is 21.2 Å². The van der Waals surface area contributed by atoms with Crippen LogP contribution in [0.15, 0.2) is 100 Å². The highest BCUT2D eigenvalue weighted by atomic mass is 79.9. The first-order valence-corrected chi connectivity index (χ1v) is 17.4. The van der Waals surface area contributed by atoms with Gasteiger partial charge in [-0.15, -0.1) is 0 Å². The van der Waals surface area contributed by atoms with Crippen LogP contribution >= 0.6 is 39.1 Å². The Morgan fingerprint density at radius 3 is 2.26 bits per heavy atom. The molecule has 0 spiro atoms. The molecule has 0 aliphatic heterocycles. The lowest BCUT2D eigenvalue weighted by Crippen LogP contribution is -2.53. The average molecular weight is 748 g/mol. The van der Waals surface area contributed by atoms with E-state index in [1.54, 1.807) is 49.4 Å². The topological polar surface area (TPSA) is 96.0 Å². The number of hydrogen-bond donors (Lipinski definition) is 1. The largest absolute Gasteiger partial charge is 0.496 e. The zero-order valence-electron chi connectivity index (χ0n) is 25.5. The predicted molar refractivity (Wildman–Crippen MR) is 186 cm³/mol. The lowest BCUT2D eigenvalue weighted by atomic mass is 10.0. The fourth-order valence-corrected chi connectivity index (χ4v) is 7.46. The third-order valence-electron chi connectivity index (χ3n) is 7.29. The molecule has 0 bridgehead atoms. The molecule has 4 rings (SSSR count). The minimum atomic E-state index is -4.29. The van der Waals surface area contributed by atoms with E-state index in [1.807, 2.05) is 37.3 Å². The molecule has 1 atom stereocenters. The molecule has 0 aliphatic rings. The number of anilines is 1. The number of sulfonamides is 1. The van der Waals surface area contributed by atoms with Crippen molar-refractivity contribution in [3.8, 4) is 5.75 Å². The van der Waals surface area contributed by atoms with Crippen LogP contribution < -0.4 is 14.4 Å². The zero-order valence-corrected chi connectivity index (χ0v) is 29.5. The lowest BCUT2D eigenvalue weighted by Gasteiger charge is -2.34. The summed E-state index contributed by atoms with van der Waals surface area (Å²) >= 11 is 16.1. The average Bonchev–Trinajstić information content (AvgIpc) is 3.03. The van der Waals surface area contributed by atoms with Crippen LogP contribution in [0, 0.1) is 6.92 Å². The summed E-state index contributed by atoms with van der Waals surface area (Å²) in [4.78, 5) is 29.5. The summed E-state index contributed by atoms with van der Waals surface area (Å²) < 4.78 is 35.3. The van der Waals surface area contributed by atoms with Gasteiger partial charge in [-0.05, 0) is 83.4 Å². The quantitative estimate of drug-likeness (QED) is 0.158. The second kappa shape index (κ2) is 15.8. The van der Waals surface area contributed by atoms with Crippen LogP contribution in [0.3, 0.4) is 0 Å². The predicted octanol–water partition coefficient (Wildman–Crippen LogP) is 7.04. The van der Waals surface area contributed by atoms with Crippen molar-refractivity contribution in [3.05, 3.63) is 122 Å². The van der Waals surface area contributed by atoms with Crippen LogP contribution in [0.4, 0.5) is 5.69 Å². The number of hydrogen-bond acceptors (Lipinski definition) is 5. The molecule has 0 aromatic heterocycles. The number of benzene rings is 4. The van der Waals surface area contributed by atoms with Gasteiger partial charge in [0.15, 0.2) is 0 Å².